The van der Waals surface area contributed by atoms with E-state index in [1.807, 2.05) is 0 Å². The van der Waals surface area contributed by atoms with Gasteiger partial charge in [-0.15, -0.1) is 0 Å². The predicted molar refractivity (Wildman–Crippen MR) is 159 cm³/mol. The van der Waals surface area contributed by atoms with E-state index in [4.69, 9.17) is 0 Å². The molecule has 0 N–H and O–H groups in total. The highest BCUT2D eigenvalue weighted by atomic mass is 14.3. The largest absolute Gasteiger partial charge is 0.0952 e. The Morgan fingerprint density at radius 1 is 0.889 bits per heavy atom. The lowest BCUT2D eigenvalue weighted by molar-refractivity contribution is 0.356. The van der Waals surface area contributed by atoms with Crippen molar-refractivity contribution in [3.63, 3.8) is 0 Å². The maximum absolute atomic E-state index is 4.61. The second-order valence-electron chi connectivity index (χ2n) is 12.8. The fourth-order valence-corrected chi connectivity index (χ4v) is 6.12. The fourth-order valence-electron chi connectivity index (χ4n) is 6.12. The second-order valence-corrected chi connectivity index (χ2v) is 12.8. The number of unbranched alkanes of at least 4 members (excludes halogenated alkanes) is 1. The highest BCUT2D eigenvalue weighted by Crippen LogP contribution is 2.42. The van der Waals surface area contributed by atoms with Crippen LogP contribution in [-0.4, -0.2) is 0 Å². The fraction of sp³-hybridized carbons (Fsp3) is 0.500. The van der Waals surface area contributed by atoms with Crippen LogP contribution in [0.5, 0.6) is 0 Å². The third-order valence-electron chi connectivity index (χ3n) is 8.17. The van der Waals surface area contributed by atoms with Crippen molar-refractivity contribution >= 4 is 5.57 Å². The average Bonchev–Trinajstić information content (AvgIpc) is 3.41. The van der Waals surface area contributed by atoms with Crippen LogP contribution in [0, 0.1) is 17.3 Å². The van der Waals surface area contributed by atoms with Crippen LogP contribution in [0.2, 0.25) is 0 Å². The molecule has 2 atom stereocenters. The molecule has 0 heterocycles. The van der Waals surface area contributed by atoms with E-state index in [0.717, 1.165) is 12.8 Å². The first-order valence-electron chi connectivity index (χ1n) is 14.5. The minimum atomic E-state index is 0.419. The molecule has 4 rings (SSSR count). The third kappa shape index (κ3) is 7.12. The van der Waals surface area contributed by atoms with Crippen LogP contribution in [0.15, 0.2) is 89.6 Å². The van der Waals surface area contributed by atoms with Crippen molar-refractivity contribution in [3.8, 4) is 0 Å². The summed E-state index contributed by atoms with van der Waals surface area (Å²) in [4.78, 5) is 0. The summed E-state index contributed by atoms with van der Waals surface area (Å²) in [5, 5.41) is 0. The number of hydrogen-bond acceptors (Lipinski definition) is 0. The molecule has 36 heavy (non-hydrogen) atoms. The molecule has 0 amide bonds. The molecule has 0 saturated carbocycles. The van der Waals surface area contributed by atoms with Crippen LogP contribution in [0.4, 0.5) is 0 Å². The summed E-state index contributed by atoms with van der Waals surface area (Å²) in [6.07, 6.45) is 23.3. The Hall–Kier alpha value is -2.34. The van der Waals surface area contributed by atoms with Gasteiger partial charge in [0.1, 0.15) is 0 Å². The molecule has 0 saturated heterocycles. The second kappa shape index (κ2) is 11.8. The number of fused-ring (bicyclic) bond motifs is 5. The van der Waals surface area contributed by atoms with E-state index in [9.17, 15) is 0 Å². The first-order chi connectivity index (χ1) is 17.2. The maximum atomic E-state index is 4.61. The summed E-state index contributed by atoms with van der Waals surface area (Å²) < 4.78 is 0. The lowest BCUT2D eigenvalue weighted by Crippen LogP contribution is -2.05. The van der Waals surface area contributed by atoms with Crippen LogP contribution in [0.1, 0.15) is 103 Å². The minimum Gasteiger partial charge on any atom is -0.0952 e. The number of benzene rings is 1. The predicted octanol–water partition coefficient (Wildman–Crippen LogP) is 10.7. The Labute approximate surface area is 221 Å². The van der Waals surface area contributed by atoms with Gasteiger partial charge in [-0.1, -0.05) is 115 Å². The molecule has 3 aliphatic carbocycles. The van der Waals surface area contributed by atoms with Gasteiger partial charge in [0, 0.05) is 5.92 Å². The van der Waals surface area contributed by atoms with E-state index in [1.165, 1.54) is 102 Å². The van der Waals surface area contributed by atoms with Gasteiger partial charge in [0.2, 0.25) is 0 Å². The third-order valence-corrected chi connectivity index (χ3v) is 8.17. The smallest absolute Gasteiger partial charge is 0.00332 e. The molecular formula is C36H48. The van der Waals surface area contributed by atoms with Crippen molar-refractivity contribution in [2.24, 2.45) is 17.3 Å². The topological polar surface area (TPSA) is 0 Å². The van der Waals surface area contributed by atoms with Crippen LogP contribution < -0.4 is 0 Å². The molecule has 0 radical (unpaired) electrons. The highest BCUT2D eigenvalue weighted by molar-refractivity contribution is 5.77. The molecule has 192 valence electrons. The molecular weight excluding hydrogens is 432 g/mol. The van der Waals surface area contributed by atoms with E-state index >= 15 is 0 Å². The zero-order valence-electron chi connectivity index (χ0n) is 23.5. The maximum Gasteiger partial charge on any atom is 0.00332 e. The molecule has 3 aliphatic rings. The first-order valence-corrected chi connectivity index (χ1v) is 14.5. The molecule has 4 bridgehead atoms. The number of allylic oxidation sites excluding steroid dienone is 10. The lowest BCUT2D eigenvalue weighted by atomic mass is 9.86. The van der Waals surface area contributed by atoms with Crippen molar-refractivity contribution in [2.45, 2.75) is 98.3 Å². The number of hydrogen-bond donors (Lipinski definition) is 0. The van der Waals surface area contributed by atoms with Crippen LogP contribution in [0.25, 0.3) is 5.57 Å². The van der Waals surface area contributed by atoms with Gasteiger partial charge in [-0.05, 0) is 101 Å². The van der Waals surface area contributed by atoms with Gasteiger partial charge in [0.05, 0.1) is 0 Å². The number of aryl methyl sites for hydroxylation is 1. The van der Waals surface area contributed by atoms with Crippen molar-refractivity contribution in [1.29, 1.82) is 0 Å². The molecule has 0 aromatic heterocycles. The van der Waals surface area contributed by atoms with E-state index in [-0.39, 0.29) is 0 Å². The number of rotatable bonds is 4. The van der Waals surface area contributed by atoms with Crippen LogP contribution >= 0.6 is 0 Å². The Kier molecular flexibility index (Phi) is 8.76. The lowest BCUT2D eigenvalue weighted by Gasteiger charge is -2.19. The van der Waals surface area contributed by atoms with Gasteiger partial charge in [-0.25, -0.2) is 0 Å². The molecule has 0 spiro atoms. The van der Waals surface area contributed by atoms with E-state index in [1.54, 1.807) is 0 Å². The first kappa shape index (κ1) is 26.7. The van der Waals surface area contributed by atoms with Gasteiger partial charge in [-0.3, -0.25) is 0 Å². The highest BCUT2D eigenvalue weighted by Gasteiger charge is 2.24. The van der Waals surface area contributed by atoms with Crippen molar-refractivity contribution in [1.82, 2.24) is 0 Å². The molecule has 0 heteroatoms. The Morgan fingerprint density at radius 3 is 2.44 bits per heavy atom. The molecule has 0 fully saturated rings. The quantitative estimate of drug-likeness (QED) is 0.376. The van der Waals surface area contributed by atoms with Crippen molar-refractivity contribution in [3.05, 3.63) is 101 Å². The summed E-state index contributed by atoms with van der Waals surface area (Å²) in [7, 11) is 0. The summed E-state index contributed by atoms with van der Waals surface area (Å²) in [6.45, 7) is 18.5. The van der Waals surface area contributed by atoms with Gasteiger partial charge in [0.15, 0.2) is 0 Å². The molecule has 2 unspecified atom stereocenters. The Morgan fingerprint density at radius 2 is 1.67 bits per heavy atom. The van der Waals surface area contributed by atoms with E-state index in [0.29, 0.717) is 17.3 Å². The monoisotopic (exact) mass is 480 g/mol. The van der Waals surface area contributed by atoms with Gasteiger partial charge in [-0.2, -0.15) is 0 Å². The molecule has 0 aliphatic heterocycles. The van der Waals surface area contributed by atoms with Gasteiger partial charge in [0.25, 0.3) is 0 Å². The normalized spacial score (nSPS) is 23.4. The van der Waals surface area contributed by atoms with Crippen LogP contribution in [0.3, 0.4) is 0 Å². The summed E-state index contributed by atoms with van der Waals surface area (Å²) in [5.74, 6) is 0.986. The molecule has 1 aromatic rings. The molecule has 0 nitrogen and oxygen atoms in total. The molecule has 1 aromatic carbocycles. The van der Waals surface area contributed by atoms with Gasteiger partial charge >= 0.3 is 0 Å². The zero-order chi connectivity index (χ0) is 25.7. The Balaban J connectivity index is 1.60. The van der Waals surface area contributed by atoms with E-state index < -0.39 is 0 Å². The summed E-state index contributed by atoms with van der Waals surface area (Å²) in [5.41, 5.74) is 11.6. The van der Waals surface area contributed by atoms with Crippen molar-refractivity contribution < 1.29 is 0 Å². The summed E-state index contributed by atoms with van der Waals surface area (Å²) >= 11 is 0. The minimum absolute atomic E-state index is 0.419. The zero-order valence-corrected chi connectivity index (χ0v) is 23.5. The SMILES string of the molecule is C=C1CC2=CC(C)C=C2C(=C)CCCCCCc2cccc(c2)C2=CC1=CC2CCCCC(C)(C)C. The summed E-state index contributed by atoms with van der Waals surface area (Å²) in [6, 6.07) is 9.39. The standard InChI is InChI=1S/C36H48/c1-26-20-33-22-28(3)32-24-31(17-11-12-19-36(4,5)6)35(25-32)30-18-13-16-29(23-30)15-10-8-7-9-14-27(2)34(33)21-26/h13,16,18,20-21,23-26,31H,2-3,7-12,14-15,17,19,22H2,1,4-6H3. The Bertz CT molecular complexity index is 1090. The van der Waals surface area contributed by atoms with E-state index in [2.05, 4.69) is 89.4 Å². The van der Waals surface area contributed by atoms with Gasteiger partial charge < -0.3 is 0 Å². The average molecular weight is 481 g/mol. The van der Waals surface area contributed by atoms with Crippen molar-refractivity contribution in [2.75, 3.05) is 0 Å². The van der Waals surface area contributed by atoms with Crippen LogP contribution in [-0.2, 0) is 6.42 Å².